The van der Waals surface area contributed by atoms with Crippen molar-refractivity contribution in [2.45, 2.75) is 11.8 Å². The van der Waals surface area contributed by atoms with E-state index < -0.39 is 0 Å². The third-order valence-corrected chi connectivity index (χ3v) is 5.43. The summed E-state index contributed by atoms with van der Waals surface area (Å²) in [4.78, 5) is 32.1. The van der Waals surface area contributed by atoms with Crippen LogP contribution in [-0.2, 0) is 7.05 Å². The zero-order chi connectivity index (χ0) is 20.5. The molecule has 0 radical (unpaired) electrons. The summed E-state index contributed by atoms with van der Waals surface area (Å²) in [7, 11) is 1.87. The highest BCUT2D eigenvalue weighted by molar-refractivity contribution is 5.93. The summed E-state index contributed by atoms with van der Waals surface area (Å²) in [5, 5.41) is 4.08. The minimum atomic E-state index is -0.142. The Hall–Kier alpha value is -3.88. The van der Waals surface area contributed by atoms with Crippen molar-refractivity contribution < 1.29 is 9.32 Å². The second-order valence-corrected chi connectivity index (χ2v) is 7.26. The summed E-state index contributed by atoms with van der Waals surface area (Å²) in [5.74, 6) is 0.698. The van der Waals surface area contributed by atoms with E-state index in [0.717, 1.165) is 5.56 Å². The molecule has 0 saturated carbocycles. The lowest BCUT2D eigenvalue weighted by Gasteiger charge is -2.16. The summed E-state index contributed by atoms with van der Waals surface area (Å²) in [6, 6.07) is 7.60. The van der Waals surface area contributed by atoms with Crippen LogP contribution in [0, 0.1) is 0 Å². The molecule has 9 heteroatoms. The average molecular weight is 401 g/mol. The van der Waals surface area contributed by atoms with Crippen molar-refractivity contribution in [3.05, 3.63) is 78.6 Å². The van der Waals surface area contributed by atoms with Crippen molar-refractivity contribution in [2.24, 2.45) is 7.05 Å². The standard InChI is InChI=1S/C21H19N7O2/c1-27-9-3-5-18(27)21(29)28-12-15(14-4-2-6-22-10-14)16(13-28)20-25-19(26-30-20)17-11-23-7-8-24-17/h2-11,15-16H,12-13H2,1H3/t15-,16+/m0/s1. The van der Waals surface area contributed by atoms with Crippen molar-refractivity contribution >= 4 is 5.91 Å². The third kappa shape index (κ3) is 3.24. The van der Waals surface area contributed by atoms with Gasteiger partial charge in [0.1, 0.15) is 11.4 Å². The monoisotopic (exact) mass is 401 g/mol. The predicted molar refractivity (Wildman–Crippen MR) is 106 cm³/mol. The Kier molecular flexibility index (Phi) is 4.55. The first-order chi connectivity index (χ1) is 14.7. The van der Waals surface area contributed by atoms with E-state index in [2.05, 4.69) is 25.1 Å². The summed E-state index contributed by atoms with van der Waals surface area (Å²) >= 11 is 0. The zero-order valence-corrected chi connectivity index (χ0v) is 16.3. The summed E-state index contributed by atoms with van der Waals surface area (Å²) < 4.78 is 7.43. The van der Waals surface area contributed by atoms with Crippen LogP contribution < -0.4 is 0 Å². The van der Waals surface area contributed by atoms with Gasteiger partial charge >= 0.3 is 0 Å². The van der Waals surface area contributed by atoms with E-state index in [1.807, 2.05) is 53.2 Å². The van der Waals surface area contributed by atoms with Crippen molar-refractivity contribution in [3.8, 4) is 11.5 Å². The van der Waals surface area contributed by atoms with E-state index in [0.29, 0.717) is 36.2 Å². The Morgan fingerprint density at radius 1 is 1.07 bits per heavy atom. The first-order valence-electron chi connectivity index (χ1n) is 9.61. The molecule has 0 aliphatic carbocycles. The van der Waals surface area contributed by atoms with Gasteiger partial charge in [0.25, 0.3) is 5.91 Å². The van der Waals surface area contributed by atoms with Crippen molar-refractivity contribution in [2.75, 3.05) is 13.1 Å². The van der Waals surface area contributed by atoms with Gasteiger partial charge in [0.2, 0.25) is 11.7 Å². The van der Waals surface area contributed by atoms with Crippen LogP contribution in [0.5, 0.6) is 0 Å². The number of hydrogen-bond acceptors (Lipinski definition) is 7. The first kappa shape index (κ1) is 18.2. The number of aryl methyl sites for hydroxylation is 1. The molecular weight excluding hydrogens is 382 g/mol. The molecule has 1 aliphatic heterocycles. The number of rotatable bonds is 4. The maximum atomic E-state index is 13.1. The molecule has 5 rings (SSSR count). The van der Waals surface area contributed by atoms with Crippen molar-refractivity contribution in [1.29, 1.82) is 0 Å². The van der Waals surface area contributed by atoms with Crippen LogP contribution in [0.2, 0.25) is 0 Å². The smallest absolute Gasteiger partial charge is 0.270 e. The van der Waals surface area contributed by atoms with Gasteiger partial charge in [-0.3, -0.25) is 14.8 Å². The lowest BCUT2D eigenvalue weighted by Crippen LogP contribution is -2.30. The molecule has 0 aromatic carbocycles. The second kappa shape index (κ2) is 7.51. The van der Waals surface area contributed by atoms with Crippen LogP contribution >= 0.6 is 0 Å². The van der Waals surface area contributed by atoms with Crippen LogP contribution in [0.3, 0.4) is 0 Å². The van der Waals surface area contributed by atoms with Gasteiger partial charge in [0.15, 0.2) is 0 Å². The molecular formula is C21H19N7O2. The Labute approximate surface area is 172 Å². The Balaban J connectivity index is 1.48. The Bertz CT molecular complexity index is 1160. The molecule has 9 nitrogen and oxygen atoms in total. The third-order valence-electron chi connectivity index (χ3n) is 5.43. The number of nitrogens with zero attached hydrogens (tertiary/aromatic N) is 7. The maximum absolute atomic E-state index is 13.1. The van der Waals surface area contributed by atoms with E-state index in [-0.39, 0.29) is 17.7 Å². The highest BCUT2D eigenvalue weighted by Crippen LogP contribution is 2.39. The topological polar surface area (TPSA) is 103 Å². The van der Waals surface area contributed by atoms with E-state index in [9.17, 15) is 4.79 Å². The van der Waals surface area contributed by atoms with Gasteiger partial charge in [-0.1, -0.05) is 11.2 Å². The molecule has 5 heterocycles. The number of carbonyl (C=O) groups is 1. The second-order valence-electron chi connectivity index (χ2n) is 7.26. The quantitative estimate of drug-likeness (QED) is 0.517. The van der Waals surface area contributed by atoms with Gasteiger partial charge in [-0.25, -0.2) is 4.98 Å². The normalized spacial score (nSPS) is 18.6. The number of carbonyl (C=O) groups excluding carboxylic acids is 1. The van der Waals surface area contributed by atoms with Gasteiger partial charge in [0.05, 0.1) is 12.1 Å². The van der Waals surface area contributed by atoms with Crippen LogP contribution in [0.15, 0.2) is 66.0 Å². The zero-order valence-electron chi connectivity index (χ0n) is 16.3. The van der Waals surface area contributed by atoms with E-state index >= 15 is 0 Å². The lowest BCUT2D eigenvalue weighted by atomic mass is 9.90. The average Bonchev–Trinajstić information content (AvgIpc) is 3.53. The van der Waals surface area contributed by atoms with E-state index in [1.54, 1.807) is 24.8 Å². The number of amides is 1. The molecule has 1 aliphatic rings. The Morgan fingerprint density at radius 3 is 2.67 bits per heavy atom. The molecule has 1 amide bonds. The molecule has 1 saturated heterocycles. The fourth-order valence-corrected chi connectivity index (χ4v) is 3.90. The highest BCUT2D eigenvalue weighted by atomic mass is 16.5. The molecule has 150 valence electrons. The molecule has 1 fully saturated rings. The van der Waals surface area contributed by atoms with Crippen LogP contribution in [0.25, 0.3) is 11.5 Å². The van der Waals surface area contributed by atoms with Gasteiger partial charge in [-0.05, 0) is 23.8 Å². The van der Waals surface area contributed by atoms with Crippen molar-refractivity contribution in [3.63, 3.8) is 0 Å². The summed E-state index contributed by atoms with van der Waals surface area (Å²) in [5.41, 5.74) is 2.22. The number of likely N-dealkylation sites (tertiary alicyclic amines) is 1. The van der Waals surface area contributed by atoms with Gasteiger partial charge in [0, 0.05) is 57.0 Å². The number of hydrogen-bond donors (Lipinski definition) is 0. The summed E-state index contributed by atoms with van der Waals surface area (Å²) in [6.45, 7) is 1.02. The number of aromatic nitrogens is 6. The maximum Gasteiger partial charge on any atom is 0.270 e. The van der Waals surface area contributed by atoms with Gasteiger partial charge < -0.3 is 14.0 Å². The summed E-state index contributed by atoms with van der Waals surface area (Å²) in [6.07, 6.45) is 10.2. The SMILES string of the molecule is Cn1cccc1C(=O)N1C[C@@H](c2cccnc2)[C@H](c2nc(-c3cnccn3)no2)C1. The molecule has 0 N–H and O–H groups in total. The van der Waals surface area contributed by atoms with E-state index in [4.69, 9.17) is 4.52 Å². The van der Waals surface area contributed by atoms with Gasteiger partial charge in [-0.15, -0.1) is 0 Å². The molecule has 4 aromatic heterocycles. The highest BCUT2D eigenvalue weighted by Gasteiger charge is 2.41. The van der Waals surface area contributed by atoms with Crippen LogP contribution in [-0.4, -0.2) is 53.6 Å². The van der Waals surface area contributed by atoms with E-state index in [1.165, 1.54) is 0 Å². The molecule has 2 atom stereocenters. The predicted octanol–water partition coefficient (Wildman–Crippen LogP) is 2.28. The molecule has 0 unspecified atom stereocenters. The van der Waals surface area contributed by atoms with Crippen LogP contribution in [0.1, 0.15) is 33.8 Å². The number of pyridine rings is 1. The fraction of sp³-hybridized carbons (Fsp3) is 0.238. The van der Waals surface area contributed by atoms with Crippen molar-refractivity contribution in [1.82, 2.24) is 34.6 Å². The molecule has 0 bridgehead atoms. The first-order valence-corrected chi connectivity index (χ1v) is 9.61. The molecule has 4 aromatic rings. The Morgan fingerprint density at radius 2 is 1.93 bits per heavy atom. The minimum Gasteiger partial charge on any atom is -0.347 e. The minimum absolute atomic E-state index is 0.00178. The molecule has 30 heavy (non-hydrogen) atoms. The lowest BCUT2D eigenvalue weighted by molar-refractivity contribution is 0.0778. The van der Waals surface area contributed by atoms with Crippen LogP contribution in [0.4, 0.5) is 0 Å². The molecule has 0 spiro atoms. The van der Waals surface area contributed by atoms with Gasteiger partial charge in [-0.2, -0.15) is 4.98 Å². The fourth-order valence-electron chi connectivity index (χ4n) is 3.90. The largest absolute Gasteiger partial charge is 0.347 e.